The first-order chi connectivity index (χ1) is 9.10. The SMILES string of the molecule is CCCCC(CC)CC(=O)N1CCCCC1C(=O)O. The Morgan fingerprint density at radius 3 is 2.63 bits per heavy atom. The first kappa shape index (κ1) is 16.0. The third kappa shape index (κ3) is 4.84. The molecule has 0 aromatic rings. The molecular formula is C15H27NO3. The average molecular weight is 269 g/mol. The molecular weight excluding hydrogens is 242 g/mol. The highest BCUT2D eigenvalue weighted by Crippen LogP contribution is 2.22. The summed E-state index contributed by atoms with van der Waals surface area (Å²) >= 11 is 0. The van der Waals surface area contributed by atoms with E-state index in [0.29, 0.717) is 25.3 Å². The van der Waals surface area contributed by atoms with Crippen LogP contribution in [0.25, 0.3) is 0 Å². The van der Waals surface area contributed by atoms with Gasteiger partial charge in [-0.2, -0.15) is 0 Å². The molecule has 1 amide bonds. The minimum atomic E-state index is -0.852. The van der Waals surface area contributed by atoms with Crippen molar-refractivity contribution in [3.05, 3.63) is 0 Å². The van der Waals surface area contributed by atoms with E-state index in [1.807, 2.05) is 0 Å². The highest BCUT2D eigenvalue weighted by molar-refractivity contribution is 5.84. The van der Waals surface area contributed by atoms with Gasteiger partial charge in [-0.05, 0) is 31.6 Å². The Morgan fingerprint density at radius 1 is 1.32 bits per heavy atom. The molecule has 1 heterocycles. The maximum atomic E-state index is 12.3. The van der Waals surface area contributed by atoms with E-state index in [2.05, 4.69) is 13.8 Å². The fourth-order valence-corrected chi connectivity index (χ4v) is 2.79. The van der Waals surface area contributed by atoms with Crippen LogP contribution in [0.15, 0.2) is 0 Å². The van der Waals surface area contributed by atoms with Crippen LogP contribution >= 0.6 is 0 Å². The van der Waals surface area contributed by atoms with Crippen LogP contribution in [0, 0.1) is 5.92 Å². The molecule has 0 radical (unpaired) electrons. The summed E-state index contributed by atoms with van der Waals surface area (Å²) in [5.41, 5.74) is 0. The summed E-state index contributed by atoms with van der Waals surface area (Å²) in [6.45, 7) is 4.87. The number of aliphatic carboxylic acids is 1. The van der Waals surface area contributed by atoms with Crippen LogP contribution in [0.3, 0.4) is 0 Å². The van der Waals surface area contributed by atoms with Gasteiger partial charge in [-0.15, -0.1) is 0 Å². The second-order valence-electron chi connectivity index (χ2n) is 5.56. The van der Waals surface area contributed by atoms with Gasteiger partial charge in [0.05, 0.1) is 0 Å². The zero-order valence-electron chi connectivity index (χ0n) is 12.2. The van der Waals surface area contributed by atoms with Gasteiger partial charge in [0, 0.05) is 13.0 Å². The van der Waals surface area contributed by atoms with Gasteiger partial charge in [-0.1, -0.05) is 33.1 Å². The predicted octanol–water partition coefficient (Wildman–Crippen LogP) is 3.06. The lowest BCUT2D eigenvalue weighted by molar-refractivity contribution is -0.152. The van der Waals surface area contributed by atoms with Crippen molar-refractivity contribution in [2.75, 3.05) is 6.54 Å². The van der Waals surface area contributed by atoms with Crippen molar-refractivity contribution in [3.63, 3.8) is 0 Å². The molecule has 2 atom stereocenters. The van der Waals surface area contributed by atoms with Gasteiger partial charge in [0.25, 0.3) is 0 Å². The van der Waals surface area contributed by atoms with E-state index in [9.17, 15) is 14.7 Å². The molecule has 4 heteroatoms. The van der Waals surface area contributed by atoms with Crippen LogP contribution in [-0.4, -0.2) is 34.5 Å². The van der Waals surface area contributed by atoms with Crippen molar-refractivity contribution in [2.24, 2.45) is 5.92 Å². The number of hydrogen-bond donors (Lipinski definition) is 1. The van der Waals surface area contributed by atoms with E-state index in [0.717, 1.165) is 38.5 Å². The molecule has 110 valence electrons. The molecule has 0 bridgehead atoms. The number of likely N-dealkylation sites (tertiary alicyclic amines) is 1. The molecule has 0 aliphatic carbocycles. The lowest BCUT2D eigenvalue weighted by Gasteiger charge is -2.34. The number of carbonyl (C=O) groups excluding carboxylic acids is 1. The van der Waals surface area contributed by atoms with Crippen LogP contribution < -0.4 is 0 Å². The summed E-state index contributed by atoms with van der Waals surface area (Å²) in [5, 5.41) is 9.20. The van der Waals surface area contributed by atoms with Crippen molar-refractivity contribution < 1.29 is 14.7 Å². The summed E-state index contributed by atoms with van der Waals surface area (Å²) in [7, 11) is 0. The summed E-state index contributed by atoms with van der Waals surface area (Å²) in [4.78, 5) is 25.1. The van der Waals surface area contributed by atoms with Gasteiger partial charge in [0.15, 0.2) is 0 Å². The second-order valence-corrected chi connectivity index (χ2v) is 5.56. The third-order valence-electron chi connectivity index (χ3n) is 4.11. The van der Waals surface area contributed by atoms with Gasteiger partial charge in [-0.3, -0.25) is 4.79 Å². The quantitative estimate of drug-likeness (QED) is 0.772. The van der Waals surface area contributed by atoms with Gasteiger partial charge in [0.1, 0.15) is 6.04 Å². The maximum absolute atomic E-state index is 12.3. The molecule has 1 saturated heterocycles. The van der Waals surface area contributed by atoms with Gasteiger partial charge >= 0.3 is 5.97 Å². The Morgan fingerprint density at radius 2 is 2.05 bits per heavy atom. The zero-order valence-corrected chi connectivity index (χ0v) is 12.2. The van der Waals surface area contributed by atoms with Gasteiger partial charge in [-0.25, -0.2) is 4.79 Å². The molecule has 1 rings (SSSR count). The number of rotatable bonds is 7. The Kier molecular flexibility index (Phi) is 6.89. The average Bonchev–Trinajstić information content (AvgIpc) is 2.43. The lowest BCUT2D eigenvalue weighted by atomic mass is 9.93. The fourth-order valence-electron chi connectivity index (χ4n) is 2.79. The molecule has 0 spiro atoms. The number of nitrogens with zero attached hydrogens (tertiary/aromatic N) is 1. The standard InChI is InChI=1S/C15H27NO3/c1-3-5-8-12(4-2)11-14(17)16-10-7-6-9-13(16)15(18)19/h12-13H,3-11H2,1-2H3,(H,18,19). The van der Waals surface area contributed by atoms with E-state index in [4.69, 9.17) is 0 Å². The molecule has 2 unspecified atom stereocenters. The number of amides is 1. The van der Waals surface area contributed by atoms with Crippen LogP contribution in [0.5, 0.6) is 0 Å². The Hall–Kier alpha value is -1.06. The first-order valence-corrected chi connectivity index (χ1v) is 7.62. The second kappa shape index (κ2) is 8.18. The summed E-state index contributed by atoms with van der Waals surface area (Å²) in [6, 6.07) is -0.593. The van der Waals surface area contributed by atoms with E-state index < -0.39 is 12.0 Å². The Balaban J connectivity index is 2.56. The molecule has 4 nitrogen and oxygen atoms in total. The van der Waals surface area contributed by atoms with Gasteiger partial charge < -0.3 is 10.0 Å². The number of carbonyl (C=O) groups is 2. The van der Waals surface area contributed by atoms with Crippen molar-refractivity contribution in [2.45, 2.75) is 71.3 Å². The number of unbranched alkanes of at least 4 members (excludes halogenated alkanes) is 1. The predicted molar refractivity (Wildman–Crippen MR) is 74.9 cm³/mol. The summed E-state index contributed by atoms with van der Waals surface area (Å²) < 4.78 is 0. The molecule has 1 fully saturated rings. The zero-order chi connectivity index (χ0) is 14.3. The minimum absolute atomic E-state index is 0.0371. The molecule has 0 aromatic carbocycles. The van der Waals surface area contributed by atoms with Gasteiger partial charge in [0.2, 0.25) is 5.91 Å². The molecule has 1 aliphatic heterocycles. The van der Waals surface area contributed by atoms with Crippen LogP contribution in [0.1, 0.15) is 65.2 Å². The topological polar surface area (TPSA) is 57.6 Å². The van der Waals surface area contributed by atoms with E-state index in [1.165, 1.54) is 0 Å². The normalized spacial score (nSPS) is 21.2. The third-order valence-corrected chi connectivity index (χ3v) is 4.11. The highest BCUT2D eigenvalue weighted by atomic mass is 16.4. The van der Waals surface area contributed by atoms with Crippen LogP contribution in [-0.2, 0) is 9.59 Å². The van der Waals surface area contributed by atoms with E-state index in [1.54, 1.807) is 4.90 Å². The smallest absolute Gasteiger partial charge is 0.326 e. The van der Waals surface area contributed by atoms with Crippen LogP contribution in [0.2, 0.25) is 0 Å². The Labute approximate surface area is 116 Å². The van der Waals surface area contributed by atoms with Crippen molar-refractivity contribution in [3.8, 4) is 0 Å². The molecule has 0 aromatic heterocycles. The summed E-state index contributed by atoms with van der Waals surface area (Å²) in [5.74, 6) is -0.409. The van der Waals surface area contributed by atoms with Crippen molar-refractivity contribution >= 4 is 11.9 Å². The molecule has 1 N–H and O–H groups in total. The summed E-state index contributed by atoms with van der Waals surface area (Å²) in [6.07, 6.45) is 7.32. The molecule has 1 aliphatic rings. The number of carboxylic acids is 1. The largest absolute Gasteiger partial charge is 0.480 e. The van der Waals surface area contributed by atoms with E-state index >= 15 is 0 Å². The number of piperidine rings is 1. The molecule has 19 heavy (non-hydrogen) atoms. The highest BCUT2D eigenvalue weighted by Gasteiger charge is 2.32. The monoisotopic (exact) mass is 269 g/mol. The van der Waals surface area contributed by atoms with Crippen molar-refractivity contribution in [1.29, 1.82) is 0 Å². The number of hydrogen-bond acceptors (Lipinski definition) is 2. The number of carboxylic acid groups (broad SMARTS) is 1. The fraction of sp³-hybridized carbons (Fsp3) is 0.867. The molecule has 0 saturated carbocycles. The van der Waals surface area contributed by atoms with Crippen LogP contribution in [0.4, 0.5) is 0 Å². The first-order valence-electron chi connectivity index (χ1n) is 7.62. The lowest BCUT2D eigenvalue weighted by Crippen LogP contribution is -2.48. The minimum Gasteiger partial charge on any atom is -0.480 e. The van der Waals surface area contributed by atoms with E-state index in [-0.39, 0.29) is 5.91 Å². The maximum Gasteiger partial charge on any atom is 0.326 e. The Bertz CT molecular complexity index is 304. The van der Waals surface area contributed by atoms with Crippen molar-refractivity contribution in [1.82, 2.24) is 4.90 Å².